The van der Waals surface area contributed by atoms with Gasteiger partial charge in [-0.1, -0.05) is 20.8 Å². The molecule has 2 rings (SSSR count). The van der Waals surface area contributed by atoms with Crippen LogP contribution in [0.1, 0.15) is 32.0 Å². The van der Waals surface area contributed by atoms with E-state index in [-0.39, 0.29) is 10.5 Å². The summed E-state index contributed by atoms with van der Waals surface area (Å²) in [5, 5.41) is 21.3. The van der Waals surface area contributed by atoms with E-state index < -0.39 is 15.9 Å². The molecule has 0 aliphatic heterocycles. The number of hydrogen-bond acceptors (Lipinski definition) is 6. The molecule has 0 aliphatic rings. The minimum Gasteiger partial charge on any atom is -0.265 e. The van der Waals surface area contributed by atoms with Crippen molar-refractivity contribution in [3.63, 3.8) is 0 Å². The van der Waals surface area contributed by atoms with Crippen molar-refractivity contribution in [3.05, 3.63) is 60.8 Å². The molecule has 1 aromatic heterocycles. The van der Waals surface area contributed by atoms with Crippen LogP contribution in [0, 0.1) is 14.9 Å². The maximum atomic E-state index is 12.4. The van der Waals surface area contributed by atoms with E-state index in [9.17, 15) is 14.9 Å². The van der Waals surface area contributed by atoms with Crippen molar-refractivity contribution in [1.29, 1.82) is 0 Å². The number of aromatic amines is 1. The zero-order chi connectivity index (χ0) is 17.2. The number of nitro benzene ring substituents is 1. The van der Waals surface area contributed by atoms with E-state index in [1.165, 1.54) is 30.5 Å². The Morgan fingerprint density at radius 2 is 1.96 bits per heavy atom. The van der Waals surface area contributed by atoms with Crippen LogP contribution in [0.3, 0.4) is 0 Å². The first-order chi connectivity index (χ1) is 10.7. The lowest BCUT2D eigenvalue weighted by atomic mass is 9.93. The van der Waals surface area contributed by atoms with Crippen LogP contribution in [0.25, 0.3) is 0 Å². The molecule has 23 heavy (non-hydrogen) atoms. The highest BCUT2D eigenvalue weighted by atomic mass is 32.1. The summed E-state index contributed by atoms with van der Waals surface area (Å²) < 4.78 is 1.12. The van der Waals surface area contributed by atoms with Gasteiger partial charge < -0.3 is 0 Å². The van der Waals surface area contributed by atoms with Gasteiger partial charge in [-0.2, -0.15) is 14.9 Å². The van der Waals surface area contributed by atoms with Crippen molar-refractivity contribution < 1.29 is 4.92 Å². The quantitative estimate of drug-likeness (QED) is 0.402. The van der Waals surface area contributed by atoms with Crippen molar-refractivity contribution >= 4 is 24.1 Å². The number of hydrogen-bond donors (Lipinski definition) is 1. The first-order valence-electron chi connectivity index (χ1n) is 6.71. The lowest BCUT2D eigenvalue weighted by Gasteiger charge is -2.16. The molecule has 8 nitrogen and oxygen atoms in total. The van der Waals surface area contributed by atoms with Gasteiger partial charge in [0.05, 0.1) is 11.1 Å². The lowest BCUT2D eigenvalue weighted by molar-refractivity contribution is -0.384. The van der Waals surface area contributed by atoms with Crippen molar-refractivity contribution in [1.82, 2.24) is 14.9 Å². The largest absolute Gasteiger partial charge is 0.297 e. The van der Waals surface area contributed by atoms with Gasteiger partial charge in [-0.15, -0.1) is 0 Å². The Hall–Kier alpha value is -2.68. The monoisotopic (exact) mass is 333 g/mol. The van der Waals surface area contributed by atoms with Crippen LogP contribution in [0.5, 0.6) is 0 Å². The molecular formula is C14H15N5O3S. The molecule has 0 amide bonds. The van der Waals surface area contributed by atoms with Gasteiger partial charge in [-0.3, -0.25) is 20.0 Å². The molecule has 0 fully saturated rings. The molecule has 0 spiro atoms. The molecule has 0 saturated heterocycles. The number of non-ortho nitro benzene ring substituents is 1. The summed E-state index contributed by atoms with van der Waals surface area (Å²) in [6.07, 6.45) is 1.40. The second-order valence-electron chi connectivity index (χ2n) is 5.84. The standard InChI is InChI=1S/C14H15N5O3S/c1-14(2,3)11-12(20)18(13(23)17-16-11)15-8-9-4-6-10(7-5-9)19(21)22/h4-8H,1-3H3,(H,17,23)/b15-8-. The number of H-pyrrole nitrogens is 1. The van der Waals surface area contributed by atoms with E-state index in [2.05, 4.69) is 15.3 Å². The van der Waals surface area contributed by atoms with Crippen LogP contribution in [0.15, 0.2) is 34.2 Å². The van der Waals surface area contributed by atoms with E-state index in [1.807, 2.05) is 20.8 Å². The van der Waals surface area contributed by atoms with Crippen molar-refractivity contribution in [3.8, 4) is 0 Å². The van der Waals surface area contributed by atoms with E-state index >= 15 is 0 Å². The summed E-state index contributed by atoms with van der Waals surface area (Å²) in [5.41, 5.74) is 0.0363. The zero-order valence-corrected chi connectivity index (χ0v) is 13.6. The molecule has 0 radical (unpaired) electrons. The average Bonchev–Trinajstić information content (AvgIpc) is 2.46. The normalized spacial score (nSPS) is 11.8. The van der Waals surface area contributed by atoms with Crippen LogP contribution < -0.4 is 5.56 Å². The van der Waals surface area contributed by atoms with E-state index in [0.717, 1.165) is 4.68 Å². The van der Waals surface area contributed by atoms with Crippen LogP contribution >= 0.6 is 12.2 Å². The van der Waals surface area contributed by atoms with Crippen molar-refractivity contribution in [2.75, 3.05) is 0 Å². The topological polar surface area (TPSA) is 106 Å². The molecule has 1 heterocycles. The van der Waals surface area contributed by atoms with E-state index in [4.69, 9.17) is 12.2 Å². The number of nitro groups is 1. The van der Waals surface area contributed by atoms with Crippen LogP contribution in [-0.2, 0) is 5.41 Å². The van der Waals surface area contributed by atoms with Crippen molar-refractivity contribution in [2.45, 2.75) is 26.2 Å². The third-order valence-corrected chi connectivity index (χ3v) is 3.25. The van der Waals surface area contributed by atoms with Gasteiger partial charge in [0.15, 0.2) is 0 Å². The maximum Gasteiger partial charge on any atom is 0.297 e. The van der Waals surface area contributed by atoms with Gasteiger partial charge in [0, 0.05) is 17.5 Å². The smallest absolute Gasteiger partial charge is 0.265 e. The number of rotatable bonds is 3. The molecule has 0 unspecified atom stereocenters. The number of benzene rings is 1. The molecule has 9 heteroatoms. The Kier molecular flexibility index (Phi) is 4.50. The SMILES string of the molecule is CC(C)(C)c1n[nH]c(=S)n(/N=C\c2ccc([N+](=O)[O-])cc2)c1=O. The second-order valence-corrected chi connectivity index (χ2v) is 6.22. The molecule has 1 N–H and O–H groups in total. The van der Waals surface area contributed by atoms with Gasteiger partial charge in [-0.25, -0.2) is 0 Å². The molecular weight excluding hydrogens is 318 g/mol. The zero-order valence-electron chi connectivity index (χ0n) is 12.8. The summed E-state index contributed by atoms with van der Waals surface area (Å²) in [7, 11) is 0. The van der Waals surface area contributed by atoms with E-state index in [1.54, 1.807) is 0 Å². The Morgan fingerprint density at radius 3 is 2.48 bits per heavy atom. The predicted octanol–water partition coefficient (Wildman–Crippen LogP) is 2.39. The molecule has 120 valence electrons. The first kappa shape index (κ1) is 16.7. The summed E-state index contributed by atoms with van der Waals surface area (Å²) in [6, 6.07) is 5.78. The summed E-state index contributed by atoms with van der Waals surface area (Å²) in [4.78, 5) is 22.5. The number of nitrogens with zero attached hydrogens (tertiary/aromatic N) is 4. The summed E-state index contributed by atoms with van der Waals surface area (Å²) in [5.74, 6) is 0. The minimum atomic E-state index is -0.486. The third kappa shape index (κ3) is 3.75. The Balaban J connectivity index is 2.42. The third-order valence-electron chi connectivity index (χ3n) is 2.99. The highest BCUT2D eigenvalue weighted by Crippen LogP contribution is 2.15. The van der Waals surface area contributed by atoms with Gasteiger partial charge in [0.1, 0.15) is 5.69 Å². The average molecular weight is 333 g/mol. The van der Waals surface area contributed by atoms with Crippen molar-refractivity contribution in [2.24, 2.45) is 5.10 Å². The minimum absolute atomic E-state index is 0.0180. The maximum absolute atomic E-state index is 12.4. The number of aromatic nitrogens is 3. The molecule has 0 bridgehead atoms. The predicted molar refractivity (Wildman–Crippen MR) is 88.5 cm³/mol. The van der Waals surface area contributed by atoms with E-state index in [0.29, 0.717) is 11.3 Å². The summed E-state index contributed by atoms with van der Waals surface area (Å²) in [6.45, 7) is 5.58. The van der Waals surface area contributed by atoms with Crippen LogP contribution in [0.4, 0.5) is 5.69 Å². The fraction of sp³-hybridized carbons (Fsp3) is 0.286. The molecule has 0 atom stereocenters. The lowest BCUT2D eigenvalue weighted by Crippen LogP contribution is -2.32. The van der Waals surface area contributed by atoms with Crippen LogP contribution in [0.2, 0.25) is 0 Å². The van der Waals surface area contributed by atoms with Gasteiger partial charge in [-0.05, 0) is 29.9 Å². The molecule has 0 saturated carbocycles. The highest BCUT2D eigenvalue weighted by Gasteiger charge is 2.21. The Morgan fingerprint density at radius 1 is 1.35 bits per heavy atom. The Labute approximate surface area is 136 Å². The van der Waals surface area contributed by atoms with Gasteiger partial charge in [0.2, 0.25) is 4.77 Å². The molecule has 1 aromatic carbocycles. The number of nitrogens with one attached hydrogen (secondary N) is 1. The van der Waals surface area contributed by atoms with Gasteiger partial charge in [0.25, 0.3) is 11.2 Å². The van der Waals surface area contributed by atoms with Gasteiger partial charge >= 0.3 is 0 Å². The fourth-order valence-corrected chi connectivity index (χ4v) is 1.97. The van der Waals surface area contributed by atoms with Crippen LogP contribution in [-0.4, -0.2) is 26.0 Å². The Bertz CT molecular complexity index is 875. The fourth-order valence-electron chi connectivity index (χ4n) is 1.79. The second kappa shape index (κ2) is 6.21. The summed E-state index contributed by atoms with van der Waals surface area (Å²) >= 11 is 5.03. The molecule has 0 aliphatic carbocycles. The highest BCUT2D eigenvalue weighted by molar-refractivity contribution is 7.71. The molecule has 2 aromatic rings. The first-order valence-corrected chi connectivity index (χ1v) is 7.12.